The van der Waals surface area contributed by atoms with Gasteiger partial charge in [-0.1, -0.05) is 6.07 Å². The number of aliphatic imine (C=N–C) groups is 1. The summed E-state index contributed by atoms with van der Waals surface area (Å²) in [5, 5.41) is 3.33. The molecule has 11 heteroatoms. The largest absolute Gasteiger partial charge is 0.493 e. The van der Waals surface area contributed by atoms with Crippen LogP contribution < -0.4 is 14.8 Å². The van der Waals surface area contributed by atoms with Crippen LogP contribution in [0.15, 0.2) is 23.2 Å². The van der Waals surface area contributed by atoms with Crippen molar-refractivity contribution in [2.45, 2.75) is 25.2 Å². The van der Waals surface area contributed by atoms with E-state index in [1.54, 1.807) is 19.2 Å². The molecule has 2 aliphatic heterocycles. The van der Waals surface area contributed by atoms with E-state index in [2.05, 4.69) is 20.1 Å². The molecule has 1 aromatic rings. The second-order valence-electron chi connectivity index (χ2n) is 7.33. The van der Waals surface area contributed by atoms with Crippen LogP contribution in [0.3, 0.4) is 0 Å². The van der Waals surface area contributed by atoms with Crippen molar-refractivity contribution in [2.75, 3.05) is 60.2 Å². The van der Waals surface area contributed by atoms with Crippen molar-refractivity contribution < 1.29 is 27.4 Å². The number of morpholine rings is 1. The van der Waals surface area contributed by atoms with Crippen molar-refractivity contribution in [3.8, 4) is 11.5 Å². The molecule has 3 rings (SSSR count). The highest BCUT2D eigenvalue weighted by atomic mass is 127. The third kappa shape index (κ3) is 7.56. The minimum atomic E-state index is -4.40. The fourth-order valence-corrected chi connectivity index (χ4v) is 3.79. The lowest BCUT2D eigenvalue weighted by molar-refractivity contribution is -0.153. The highest BCUT2D eigenvalue weighted by molar-refractivity contribution is 14.0. The van der Waals surface area contributed by atoms with Crippen LogP contribution in [0.2, 0.25) is 0 Å². The van der Waals surface area contributed by atoms with Gasteiger partial charge in [-0.15, -0.1) is 24.0 Å². The summed E-state index contributed by atoms with van der Waals surface area (Å²) in [6, 6.07) is 5.38. The molecular formula is C20H30F3IN4O3. The Morgan fingerprint density at radius 1 is 1.23 bits per heavy atom. The van der Waals surface area contributed by atoms with E-state index in [9.17, 15) is 13.2 Å². The molecule has 0 amide bonds. The zero-order chi connectivity index (χ0) is 21.6. The molecule has 0 aromatic heterocycles. The smallest absolute Gasteiger partial charge is 0.422 e. The molecule has 2 aliphatic rings. The van der Waals surface area contributed by atoms with Crippen LogP contribution in [0.4, 0.5) is 13.2 Å². The van der Waals surface area contributed by atoms with Gasteiger partial charge in [-0.05, 0) is 24.1 Å². The van der Waals surface area contributed by atoms with Crippen molar-refractivity contribution in [3.63, 3.8) is 0 Å². The zero-order valence-electron chi connectivity index (χ0n) is 17.8. The monoisotopic (exact) mass is 558 g/mol. The van der Waals surface area contributed by atoms with E-state index in [4.69, 9.17) is 14.2 Å². The lowest BCUT2D eigenvalue weighted by Crippen LogP contribution is -2.46. The van der Waals surface area contributed by atoms with Crippen LogP contribution in [0.1, 0.15) is 12.0 Å². The number of rotatable bonds is 6. The second kappa shape index (κ2) is 12.0. The number of halogens is 4. The van der Waals surface area contributed by atoms with Crippen LogP contribution >= 0.6 is 24.0 Å². The van der Waals surface area contributed by atoms with Crippen molar-refractivity contribution in [3.05, 3.63) is 23.8 Å². The van der Waals surface area contributed by atoms with Gasteiger partial charge in [0, 0.05) is 45.8 Å². The predicted molar refractivity (Wildman–Crippen MR) is 123 cm³/mol. The molecule has 0 spiro atoms. The van der Waals surface area contributed by atoms with Crippen molar-refractivity contribution in [2.24, 2.45) is 4.99 Å². The van der Waals surface area contributed by atoms with E-state index < -0.39 is 12.8 Å². The number of nitrogens with zero attached hydrogens (tertiary/aromatic N) is 3. The maximum absolute atomic E-state index is 12.4. The van der Waals surface area contributed by atoms with Crippen LogP contribution in [0.25, 0.3) is 0 Å². The first-order chi connectivity index (χ1) is 14.4. The molecule has 0 radical (unpaired) electrons. The molecule has 1 unspecified atom stereocenters. The lowest BCUT2D eigenvalue weighted by atomic mass is 10.2. The Morgan fingerprint density at radius 2 is 1.97 bits per heavy atom. The molecule has 1 atom stereocenters. The Labute approximate surface area is 197 Å². The van der Waals surface area contributed by atoms with Gasteiger partial charge < -0.3 is 24.4 Å². The zero-order valence-corrected chi connectivity index (χ0v) is 20.1. The highest BCUT2D eigenvalue weighted by Gasteiger charge is 2.30. The number of ether oxygens (including phenoxy) is 3. The maximum atomic E-state index is 12.4. The molecule has 2 saturated heterocycles. The standard InChI is InChI=1S/C20H29F3N4O3.HI/c1-24-19(27-6-5-16(13-27)26-7-9-29-10-8-26)25-12-15-3-4-17(18(11-15)28-2)30-14-20(21,22)23;/h3-4,11,16H,5-10,12-14H2,1-2H3,(H,24,25);1H. The molecule has 1 N–H and O–H groups in total. The minimum Gasteiger partial charge on any atom is -0.493 e. The van der Waals surface area contributed by atoms with Gasteiger partial charge in [-0.3, -0.25) is 9.89 Å². The fraction of sp³-hybridized carbons (Fsp3) is 0.650. The highest BCUT2D eigenvalue weighted by Crippen LogP contribution is 2.29. The lowest BCUT2D eigenvalue weighted by Gasteiger charge is -2.32. The Morgan fingerprint density at radius 3 is 2.61 bits per heavy atom. The topological polar surface area (TPSA) is 58.6 Å². The quantitative estimate of drug-likeness (QED) is 0.330. The number of alkyl halides is 3. The van der Waals surface area contributed by atoms with Gasteiger partial charge >= 0.3 is 6.18 Å². The van der Waals surface area contributed by atoms with E-state index in [-0.39, 0.29) is 35.5 Å². The maximum Gasteiger partial charge on any atom is 0.422 e. The number of benzene rings is 1. The number of hydrogen-bond acceptors (Lipinski definition) is 5. The van der Waals surface area contributed by atoms with E-state index in [1.807, 2.05) is 0 Å². The van der Waals surface area contributed by atoms with Gasteiger partial charge in [0.05, 0.1) is 20.3 Å². The summed E-state index contributed by atoms with van der Waals surface area (Å²) in [6.07, 6.45) is -3.31. The Kier molecular flexibility index (Phi) is 9.94. The van der Waals surface area contributed by atoms with Gasteiger partial charge in [0.1, 0.15) is 0 Å². The summed E-state index contributed by atoms with van der Waals surface area (Å²) in [6.45, 7) is 4.46. The molecule has 7 nitrogen and oxygen atoms in total. The van der Waals surface area contributed by atoms with Gasteiger partial charge in [0.25, 0.3) is 0 Å². The molecule has 0 aliphatic carbocycles. The predicted octanol–water partition coefficient (Wildman–Crippen LogP) is 2.74. The normalized spacial score (nSPS) is 20.4. The van der Waals surface area contributed by atoms with Crippen LogP contribution in [0.5, 0.6) is 11.5 Å². The van der Waals surface area contributed by atoms with E-state index >= 15 is 0 Å². The number of likely N-dealkylation sites (tertiary alicyclic amines) is 1. The Balaban J connectivity index is 0.00000341. The third-order valence-electron chi connectivity index (χ3n) is 5.31. The van der Waals surface area contributed by atoms with Gasteiger partial charge in [0.15, 0.2) is 24.1 Å². The Bertz CT molecular complexity index is 730. The molecule has 176 valence electrons. The van der Waals surface area contributed by atoms with Crippen LogP contribution in [0, 0.1) is 0 Å². The number of methoxy groups -OCH3 is 1. The van der Waals surface area contributed by atoms with Crippen LogP contribution in [-0.4, -0.2) is 88.1 Å². The third-order valence-corrected chi connectivity index (χ3v) is 5.31. The molecule has 0 bridgehead atoms. The van der Waals surface area contributed by atoms with Gasteiger partial charge in [0.2, 0.25) is 0 Å². The summed E-state index contributed by atoms with van der Waals surface area (Å²) in [5.74, 6) is 1.14. The summed E-state index contributed by atoms with van der Waals surface area (Å²) < 4.78 is 52.6. The average molecular weight is 558 g/mol. The number of hydrogen-bond donors (Lipinski definition) is 1. The van der Waals surface area contributed by atoms with E-state index in [0.717, 1.165) is 57.3 Å². The minimum absolute atomic E-state index is 0. The fourth-order valence-electron chi connectivity index (χ4n) is 3.79. The first kappa shape index (κ1) is 25.8. The van der Waals surface area contributed by atoms with Crippen molar-refractivity contribution in [1.82, 2.24) is 15.1 Å². The molecule has 31 heavy (non-hydrogen) atoms. The molecule has 0 saturated carbocycles. The first-order valence-electron chi connectivity index (χ1n) is 10.0. The Hall–Kier alpha value is -1.47. The molecule has 2 fully saturated rings. The van der Waals surface area contributed by atoms with Crippen molar-refractivity contribution in [1.29, 1.82) is 0 Å². The second-order valence-corrected chi connectivity index (χ2v) is 7.33. The summed E-state index contributed by atoms with van der Waals surface area (Å²) in [7, 11) is 3.15. The number of guanidine groups is 1. The summed E-state index contributed by atoms with van der Waals surface area (Å²) in [4.78, 5) is 9.10. The van der Waals surface area contributed by atoms with Crippen molar-refractivity contribution >= 4 is 29.9 Å². The van der Waals surface area contributed by atoms with E-state index in [0.29, 0.717) is 12.6 Å². The summed E-state index contributed by atoms with van der Waals surface area (Å²) in [5.41, 5.74) is 0.858. The average Bonchev–Trinajstić information content (AvgIpc) is 3.23. The number of nitrogens with one attached hydrogen (secondary N) is 1. The summed E-state index contributed by atoms with van der Waals surface area (Å²) >= 11 is 0. The SMILES string of the molecule is CN=C(NCc1ccc(OCC(F)(F)F)c(OC)c1)N1CCC(N2CCOCC2)C1.I. The van der Waals surface area contributed by atoms with Gasteiger partial charge in [-0.25, -0.2) is 0 Å². The van der Waals surface area contributed by atoms with Gasteiger partial charge in [-0.2, -0.15) is 13.2 Å². The van der Waals surface area contributed by atoms with Crippen LogP contribution in [-0.2, 0) is 11.3 Å². The molecule has 2 heterocycles. The van der Waals surface area contributed by atoms with E-state index in [1.165, 1.54) is 13.2 Å². The molecule has 1 aromatic carbocycles. The first-order valence-corrected chi connectivity index (χ1v) is 10.0. The molecular weight excluding hydrogens is 528 g/mol.